The maximum atomic E-state index is 13.9. The van der Waals surface area contributed by atoms with Gasteiger partial charge in [-0.2, -0.15) is 0 Å². The third-order valence-corrected chi connectivity index (χ3v) is 5.46. The summed E-state index contributed by atoms with van der Waals surface area (Å²) in [5.74, 6) is -0.333. The maximum absolute atomic E-state index is 13.9. The summed E-state index contributed by atoms with van der Waals surface area (Å²) in [4.78, 5) is 28.1. The molecule has 3 rings (SSSR count). The molecule has 150 valence electrons. The number of nitrogens with zero attached hydrogens (tertiary/aromatic N) is 1. The van der Waals surface area contributed by atoms with Gasteiger partial charge < -0.3 is 4.74 Å². The summed E-state index contributed by atoms with van der Waals surface area (Å²) >= 11 is 3.46. The average molecular weight is 454 g/mol. The lowest BCUT2D eigenvalue weighted by molar-refractivity contribution is -0.121. The first-order valence-electron chi connectivity index (χ1n) is 9.40. The minimum atomic E-state index is -1.05. The summed E-state index contributed by atoms with van der Waals surface area (Å²) in [6.07, 6.45) is 1.41. The van der Waals surface area contributed by atoms with E-state index >= 15 is 0 Å². The van der Waals surface area contributed by atoms with Crippen LogP contribution in [0, 0.1) is 6.92 Å². The second kappa shape index (κ2) is 7.66. The zero-order chi connectivity index (χ0) is 21.4. The predicted molar refractivity (Wildman–Crippen MR) is 118 cm³/mol. The van der Waals surface area contributed by atoms with Crippen LogP contribution >= 0.6 is 15.9 Å². The number of ether oxygens (including phenoxy) is 1. The second-order valence-electron chi connectivity index (χ2n) is 8.11. The van der Waals surface area contributed by atoms with Crippen molar-refractivity contribution in [3.05, 3.63) is 82.0 Å². The largest absolute Gasteiger partial charge is 0.443 e. The third kappa shape index (κ3) is 3.68. The molecule has 5 heteroatoms. The van der Waals surface area contributed by atoms with E-state index in [1.54, 1.807) is 32.9 Å². The molecule has 1 aliphatic rings. The highest BCUT2D eigenvalue weighted by Gasteiger charge is 2.54. The zero-order valence-electron chi connectivity index (χ0n) is 17.1. The first-order chi connectivity index (χ1) is 13.6. The SMILES string of the molecule is C=C=CCC1(c2ccccc2C)C(=O)N(C(=O)OC(C)(C)C)c2cc(Br)ccc21. The lowest BCUT2D eigenvalue weighted by Gasteiger charge is -2.30. The zero-order valence-corrected chi connectivity index (χ0v) is 18.7. The lowest BCUT2D eigenvalue weighted by Crippen LogP contribution is -2.46. The van der Waals surface area contributed by atoms with Gasteiger partial charge in [0.1, 0.15) is 11.0 Å². The van der Waals surface area contributed by atoms with Crippen molar-refractivity contribution in [1.29, 1.82) is 0 Å². The number of halogens is 1. The standard InChI is InChI=1S/C24H24BrNO3/c1-6-7-14-24(18-11-9-8-10-16(18)2)19-13-12-17(25)15-20(19)26(21(24)27)22(28)29-23(3,4)5/h7-13,15H,1,14H2,2-5H3. The fourth-order valence-corrected chi connectivity index (χ4v) is 4.15. The topological polar surface area (TPSA) is 46.6 Å². The molecule has 0 saturated carbocycles. The number of anilines is 1. The van der Waals surface area contributed by atoms with E-state index < -0.39 is 17.1 Å². The molecule has 0 N–H and O–H groups in total. The third-order valence-electron chi connectivity index (χ3n) is 4.96. The minimum absolute atomic E-state index is 0.333. The van der Waals surface area contributed by atoms with Crippen LogP contribution in [-0.4, -0.2) is 17.6 Å². The van der Waals surface area contributed by atoms with Crippen LogP contribution in [0.25, 0.3) is 0 Å². The number of imide groups is 1. The molecule has 1 aliphatic heterocycles. The molecule has 2 amide bonds. The van der Waals surface area contributed by atoms with Gasteiger partial charge in [-0.15, -0.1) is 5.73 Å². The Morgan fingerprint density at radius 2 is 1.93 bits per heavy atom. The predicted octanol–water partition coefficient (Wildman–Crippen LogP) is 6.06. The van der Waals surface area contributed by atoms with Crippen LogP contribution in [0.2, 0.25) is 0 Å². The second-order valence-corrected chi connectivity index (χ2v) is 9.03. The number of carbonyl (C=O) groups excluding carboxylic acids is 2. The Balaban J connectivity index is 2.30. The van der Waals surface area contributed by atoms with Crippen molar-refractivity contribution in [2.75, 3.05) is 4.90 Å². The number of fused-ring (bicyclic) bond motifs is 1. The van der Waals surface area contributed by atoms with E-state index in [-0.39, 0.29) is 5.91 Å². The number of hydrogen-bond acceptors (Lipinski definition) is 3. The van der Waals surface area contributed by atoms with Crippen molar-refractivity contribution in [2.45, 2.75) is 45.1 Å². The van der Waals surface area contributed by atoms with Gasteiger partial charge in [0.25, 0.3) is 5.91 Å². The smallest absolute Gasteiger partial charge is 0.421 e. The maximum Gasteiger partial charge on any atom is 0.421 e. The van der Waals surface area contributed by atoms with Gasteiger partial charge in [0.15, 0.2) is 0 Å². The van der Waals surface area contributed by atoms with Gasteiger partial charge in [0.05, 0.1) is 5.69 Å². The Bertz CT molecular complexity index is 1030. The molecule has 0 spiro atoms. The van der Waals surface area contributed by atoms with Gasteiger partial charge in [-0.1, -0.05) is 52.8 Å². The molecule has 0 aliphatic carbocycles. The summed E-state index contributed by atoms with van der Waals surface area (Å²) in [7, 11) is 0. The quantitative estimate of drug-likeness (QED) is 0.530. The summed E-state index contributed by atoms with van der Waals surface area (Å²) in [5, 5.41) is 0. The Hall–Kier alpha value is -2.62. The van der Waals surface area contributed by atoms with Crippen LogP contribution in [0.3, 0.4) is 0 Å². The molecule has 0 radical (unpaired) electrons. The molecule has 2 aromatic rings. The molecular formula is C24H24BrNO3. The normalized spacial score (nSPS) is 18.2. The number of carbonyl (C=O) groups is 2. The average Bonchev–Trinajstić information content (AvgIpc) is 2.87. The molecule has 1 atom stereocenters. The van der Waals surface area contributed by atoms with Crippen LogP contribution in [-0.2, 0) is 14.9 Å². The molecule has 0 saturated heterocycles. The Labute approximate surface area is 180 Å². The molecule has 1 heterocycles. The molecule has 29 heavy (non-hydrogen) atoms. The molecule has 2 aromatic carbocycles. The summed E-state index contributed by atoms with van der Waals surface area (Å²) in [5.41, 5.74) is 4.12. The van der Waals surface area contributed by atoms with E-state index in [4.69, 9.17) is 4.74 Å². The number of allylic oxidation sites excluding steroid dienone is 1. The van der Waals surface area contributed by atoms with E-state index in [0.717, 1.165) is 26.1 Å². The van der Waals surface area contributed by atoms with Gasteiger partial charge >= 0.3 is 6.09 Å². The fraction of sp³-hybridized carbons (Fsp3) is 0.292. The Kier molecular flexibility index (Phi) is 5.57. The first kappa shape index (κ1) is 21.1. The van der Waals surface area contributed by atoms with Crippen molar-refractivity contribution in [2.24, 2.45) is 0 Å². The van der Waals surface area contributed by atoms with E-state index in [1.807, 2.05) is 43.3 Å². The monoisotopic (exact) mass is 453 g/mol. The fourth-order valence-electron chi connectivity index (χ4n) is 3.80. The van der Waals surface area contributed by atoms with E-state index in [1.165, 1.54) is 0 Å². The molecule has 1 unspecified atom stereocenters. The van der Waals surface area contributed by atoms with Crippen molar-refractivity contribution in [1.82, 2.24) is 0 Å². The summed E-state index contributed by atoms with van der Waals surface area (Å²) in [6.45, 7) is 11.0. The van der Waals surface area contributed by atoms with Crippen LogP contribution < -0.4 is 4.90 Å². The molecule has 0 aromatic heterocycles. The molecule has 0 bridgehead atoms. The highest BCUT2D eigenvalue weighted by atomic mass is 79.9. The summed E-state index contributed by atoms with van der Waals surface area (Å²) in [6, 6.07) is 13.3. The molecule has 4 nitrogen and oxygen atoms in total. The molecule has 0 fully saturated rings. The van der Waals surface area contributed by atoms with Crippen molar-refractivity contribution < 1.29 is 14.3 Å². The number of hydrogen-bond donors (Lipinski definition) is 0. The van der Waals surface area contributed by atoms with E-state index in [9.17, 15) is 9.59 Å². The van der Waals surface area contributed by atoms with Crippen molar-refractivity contribution in [3.63, 3.8) is 0 Å². The van der Waals surface area contributed by atoms with Crippen molar-refractivity contribution >= 4 is 33.6 Å². The van der Waals surface area contributed by atoms with Crippen LogP contribution in [0.15, 0.2) is 65.3 Å². The van der Waals surface area contributed by atoms with E-state index in [0.29, 0.717) is 12.1 Å². The highest BCUT2D eigenvalue weighted by molar-refractivity contribution is 9.10. The lowest BCUT2D eigenvalue weighted by atomic mass is 9.71. The van der Waals surface area contributed by atoms with Gasteiger partial charge in [0.2, 0.25) is 0 Å². The number of amides is 2. The number of rotatable bonds is 3. The summed E-state index contributed by atoms with van der Waals surface area (Å²) < 4.78 is 6.34. The van der Waals surface area contributed by atoms with Gasteiger partial charge in [0, 0.05) is 4.47 Å². The number of aryl methyl sites for hydroxylation is 1. The van der Waals surface area contributed by atoms with Gasteiger partial charge in [-0.25, -0.2) is 9.69 Å². The highest BCUT2D eigenvalue weighted by Crippen LogP contribution is 2.50. The van der Waals surface area contributed by atoms with Gasteiger partial charge in [-0.05, 0) is 69.0 Å². The molecular weight excluding hydrogens is 430 g/mol. The van der Waals surface area contributed by atoms with Gasteiger partial charge in [-0.3, -0.25) is 4.79 Å². The van der Waals surface area contributed by atoms with Crippen LogP contribution in [0.5, 0.6) is 0 Å². The Morgan fingerprint density at radius 3 is 2.55 bits per heavy atom. The van der Waals surface area contributed by atoms with Crippen molar-refractivity contribution in [3.8, 4) is 0 Å². The minimum Gasteiger partial charge on any atom is -0.443 e. The first-order valence-corrected chi connectivity index (χ1v) is 10.2. The van der Waals surface area contributed by atoms with Crippen LogP contribution in [0.4, 0.5) is 10.5 Å². The van der Waals surface area contributed by atoms with E-state index in [2.05, 4.69) is 28.2 Å². The Morgan fingerprint density at radius 1 is 1.24 bits per heavy atom. The van der Waals surface area contributed by atoms with Crippen LogP contribution in [0.1, 0.15) is 43.9 Å². The number of benzene rings is 2.